The van der Waals surface area contributed by atoms with E-state index in [2.05, 4.69) is 121 Å². The second kappa shape index (κ2) is 9.77. The van der Waals surface area contributed by atoms with E-state index in [4.69, 9.17) is 24.1 Å². The Morgan fingerprint density at radius 3 is 1.87 bits per heavy atom. The summed E-state index contributed by atoms with van der Waals surface area (Å²) < 4.78 is 13.1. The van der Waals surface area contributed by atoms with Crippen LogP contribution in [-0.2, 0) is 10.8 Å². The van der Waals surface area contributed by atoms with E-state index in [0.717, 1.165) is 90.9 Å². The largest absolute Gasteiger partial charge is 0.457 e. The molecular weight excluding hydrogens is 675 g/mol. The third kappa shape index (κ3) is 3.42. The SMILES string of the molecule is c1ccc2c(c1)Oc1ccc(-c3nc(-c4ccc5c(c4)oc4ccccc45)nc(C45CC6C[C@@H]7C[C@@H](C4)C67C5)n3)cc1C21c2ccccc2-c2ccccc21. The highest BCUT2D eigenvalue weighted by molar-refractivity contribution is 6.05. The van der Waals surface area contributed by atoms with Gasteiger partial charge in [-0.15, -0.1) is 0 Å². The van der Waals surface area contributed by atoms with Crippen LogP contribution < -0.4 is 4.74 Å². The average Bonchev–Trinajstić information content (AvgIpc) is 3.94. The molecule has 3 heterocycles. The Bertz CT molecular complexity index is 2950. The number of rotatable bonds is 3. The van der Waals surface area contributed by atoms with Gasteiger partial charge in [-0.05, 0) is 120 Å². The number of ether oxygens (including phenoxy) is 1. The highest BCUT2D eigenvalue weighted by Gasteiger charge is 2.78. The number of aromatic nitrogens is 3. The maximum absolute atomic E-state index is 6.77. The Balaban J connectivity index is 1.00. The van der Waals surface area contributed by atoms with Crippen LogP contribution in [0.25, 0.3) is 55.8 Å². The van der Waals surface area contributed by atoms with Crippen LogP contribution in [0.3, 0.4) is 0 Å². The van der Waals surface area contributed by atoms with E-state index in [-0.39, 0.29) is 5.41 Å². The quantitative estimate of drug-likeness (QED) is 0.183. The lowest BCUT2D eigenvalue weighted by Gasteiger charge is -2.66. The highest BCUT2D eigenvalue weighted by atomic mass is 16.5. The number of furan rings is 1. The van der Waals surface area contributed by atoms with Gasteiger partial charge in [0.1, 0.15) is 28.5 Å². The van der Waals surface area contributed by atoms with Gasteiger partial charge in [0.15, 0.2) is 11.6 Å². The number of benzene rings is 6. The molecular formula is C50H35N3O2. The van der Waals surface area contributed by atoms with Crippen LogP contribution in [0.4, 0.5) is 0 Å². The van der Waals surface area contributed by atoms with Crippen LogP contribution in [0.1, 0.15) is 60.2 Å². The van der Waals surface area contributed by atoms with Crippen LogP contribution in [-0.4, -0.2) is 15.0 Å². The number of nitrogens with zero attached hydrogens (tertiary/aromatic N) is 3. The topological polar surface area (TPSA) is 61.0 Å². The summed E-state index contributed by atoms with van der Waals surface area (Å²) in [5.41, 5.74) is 11.0. The van der Waals surface area contributed by atoms with Crippen molar-refractivity contribution in [2.45, 2.75) is 42.9 Å². The smallest absolute Gasteiger partial charge is 0.163 e. The van der Waals surface area contributed by atoms with E-state index in [9.17, 15) is 0 Å². The van der Waals surface area contributed by atoms with Crippen LogP contribution in [0, 0.1) is 23.2 Å². The van der Waals surface area contributed by atoms with Gasteiger partial charge in [-0.25, -0.2) is 15.0 Å². The minimum absolute atomic E-state index is 0.0112. The van der Waals surface area contributed by atoms with E-state index in [1.54, 1.807) is 0 Å². The lowest BCUT2D eigenvalue weighted by molar-refractivity contribution is -0.175. The molecule has 3 unspecified atom stereocenters. The Hall–Kier alpha value is -6.07. The van der Waals surface area contributed by atoms with Crippen molar-refractivity contribution in [3.63, 3.8) is 0 Å². The van der Waals surface area contributed by atoms with Gasteiger partial charge in [0.2, 0.25) is 0 Å². The summed E-state index contributed by atoms with van der Waals surface area (Å²) in [6.07, 6.45) is 6.43. The molecule has 5 aliphatic carbocycles. The fraction of sp³-hybridized carbons (Fsp3) is 0.220. The molecule has 262 valence electrons. The molecule has 4 saturated carbocycles. The van der Waals surface area contributed by atoms with E-state index in [0.29, 0.717) is 5.41 Å². The first-order chi connectivity index (χ1) is 27.1. The number of hydrogen-bond donors (Lipinski definition) is 0. The summed E-state index contributed by atoms with van der Waals surface area (Å²) in [6, 6.07) is 47.7. The van der Waals surface area contributed by atoms with Crippen molar-refractivity contribution < 1.29 is 9.15 Å². The molecule has 2 spiro atoms. The maximum Gasteiger partial charge on any atom is 0.163 e. The molecule has 6 aliphatic rings. The van der Waals surface area contributed by atoms with Crippen LogP contribution >= 0.6 is 0 Å². The third-order valence-corrected chi connectivity index (χ3v) is 15.2. The second-order valence-electron chi connectivity index (χ2n) is 17.3. The Morgan fingerprint density at radius 2 is 1.13 bits per heavy atom. The normalized spacial score (nSPS) is 26.4. The molecule has 55 heavy (non-hydrogen) atoms. The zero-order valence-corrected chi connectivity index (χ0v) is 30.1. The summed E-state index contributed by atoms with van der Waals surface area (Å²) >= 11 is 0. The van der Waals surface area contributed by atoms with Gasteiger partial charge in [-0.1, -0.05) is 91.0 Å². The lowest BCUT2D eigenvalue weighted by atomic mass is 9.38. The predicted octanol–water partition coefficient (Wildman–Crippen LogP) is 11.7. The van der Waals surface area contributed by atoms with Crippen molar-refractivity contribution in [3.8, 4) is 45.4 Å². The fourth-order valence-corrected chi connectivity index (χ4v) is 13.1. The van der Waals surface area contributed by atoms with Crippen molar-refractivity contribution >= 4 is 21.9 Å². The standard InChI is InChI=1S/C50H35N3O2/c1-4-12-37-33(9-1)34-10-2-5-13-38(34)50(37)39-14-6-8-16-42(39)55-43-20-18-28(21-40(43)50)45-51-46(29-17-19-36-35-11-3-7-15-41(35)54-44(36)22-29)53-47(52-45)48-25-31-23-30-24-32(26-48)49(30,31)27-48/h1-22,30-32H,23-27H2/t30-,31-,32?,48?,49?/m0/s1. The maximum atomic E-state index is 6.77. The van der Waals surface area contributed by atoms with Crippen molar-refractivity contribution in [2.24, 2.45) is 23.2 Å². The van der Waals surface area contributed by atoms with Crippen molar-refractivity contribution in [1.82, 2.24) is 15.0 Å². The predicted molar refractivity (Wildman–Crippen MR) is 213 cm³/mol. The molecule has 5 atom stereocenters. The zero-order chi connectivity index (χ0) is 35.7. The molecule has 0 radical (unpaired) electrons. The molecule has 14 rings (SSSR count). The molecule has 6 aromatic carbocycles. The number of hydrogen-bond acceptors (Lipinski definition) is 5. The third-order valence-electron chi connectivity index (χ3n) is 15.2. The monoisotopic (exact) mass is 709 g/mol. The van der Waals surface area contributed by atoms with Crippen LogP contribution in [0.5, 0.6) is 11.5 Å². The summed E-state index contributed by atoms with van der Waals surface area (Å²) in [5.74, 6) is 6.75. The first-order valence-corrected chi connectivity index (χ1v) is 19.9. The lowest BCUT2D eigenvalue weighted by Crippen LogP contribution is -2.59. The molecule has 2 bridgehead atoms. The van der Waals surface area contributed by atoms with Gasteiger partial charge >= 0.3 is 0 Å². The summed E-state index contributed by atoms with van der Waals surface area (Å²) in [5, 5.41) is 2.23. The fourth-order valence-electron chi connectivity index (χ4n) is 13.1. The zero-order valence-electron chi connectivity index (χ0n) is 30.1. The molecule has 4 fully saturated rings. The van der Waals surface area contributed by atoms with Crippen molar-refractivity contribution in [3.05, 3.63) is 162 Å². The van der Waals surface area contributed by atoms with Crippen LogP contribution in [0.15, 0.2) is 138 Å². The minimum atomic E-state index is -0.555. The first kappa shape index (κ1) is 29.3. The molecule has 5 nitrogen and oxygen atoms in total. The summed E-state index contributed by atoms with van der Waals surface area (Å²) in [6.45, 7) is 0. The molecule has 0 saturated heterocycles. The Morgan fingerprint density at radius 1 is 0.509 bits per heavy atom. The molecule has 8 aromatic rings. The number of fused-ring (bicyclic) bond motifs is 13. The molecule has 5 heteroatoms. The highest BCUT2D eigenvalue weighted by Crippen LogP contribution is 2.84. The number of para-hydroxylation sites is 2. The van der Waals surface area contributed by atoms with E-state index in [1.165, 1.54) is 54.4 Å². The molecule has 2 aromatic heterocycles. The van der Waals surface area contributed by atoms with Gasteiger partial charge in [0.25, 0.3) is 0 Å². The molecule has 1 aliphatic heterocycles. The van der Waals surface area contributed by atoms with E-state index >= 15 is 0 Å². The van der Waals surface area contributed by atoms with Gasteiger partial charge in [-0.3, -0.25) is 0 Å². The average molecular weight is 710 g/mol. The molecule has 0 N–H and O–H groups in total. The summed E-state index contributed by atoms with van der Waals surface area (Å²) in [7, 11) is 0. The summed E-state index contributed by atoms with van der Waals surface area (Å²) in [4.78, 5) is 16.3. The molecule has 0 amide bonds. The van der Waals surface area contributed by atoms with Crippen molar-refractivity contribution in [2.75, 3.05) is 0 Å². The van der Waals surface area contributed by atoms with E-state index in [1.807, 2.05) is 12.1 Å². The Kier molecular flexibility index (Phi) is 5.21. The van der Waals surface area contributed by atoms with Gasteiger partial charge in [0, 0.05) is 38.4 Å². The minimum Gasteiger partial charge on any atom is -0.457 e. The van der Waals surface area contributed by atoms with E-state index < -0.39 is 5.41 Å². The second-order valence-corrected chi connectivity index (χ2v) is 17.3. The van der Waals surface area contributed by atoms with Crippen molar-refractivity contribution in [1.29, 1.82) is 0 Å². The van der Waals surface area contributed by atoms with Gasteiger partial charge in [0.05, 0.1) is 5.41 Å². The first-order valence-electron chi connectivity index (χ1n) is 19.9. The van der Waals surface area contributed by atoms with Gasteiger partial charge in [-0.2, -0.15) is 0 Å². The Labute approximate surface area is 318 Å². The van der Waals surface area contributed by atoms with Gasteiger partial charge < -0.3 is 9.15 Å². The van der Waals surface area contributed by atoms with Crippen LogP contribution in [0.2, 0.25) is 0 Å².